The smallest absolute Gasteiger partial charge is 0.0241 e. The minimum atomic E-state index is 0.634. The summed E-state index contributed by atoms with van der Waals surface area (Å²) in [5, 5.41) is 0. The van der Waals surface area contributed by atoms with E-state index in [0.717, 1.165) is 0 Å². The molecule has 0 amide bonds. The zero-order valence-corrected chi connectivity index (χ0v) is 6.07. The van der Waals surface area contributed by atoms with E-state index in [2.05, 4.69) is 25.7 Å². The van der Waals surface area contributed by atoms with E-state index in [1.54, 1.807) is 0 Å². The van der Waals surface area contributed by atoms with Gasteiger partial charge in [-0.05, 0) is 25.8 Å². The maximum Gasteiger partial charge on any atom is 0.0241 e. The summed E-state index contributed by atoms with van der Waals surface area (Å²) in [4.78, 5) is 0. The van der Waals surface area contributed by atoms with E-state index in [4.69, 9.17) is 0 Å². The Labute approximate surface area is 57.0 Å². The van der Waals surface area contributed by atoms with Crippen molar-refractivity contribution in [2.24, 2.45) is 5.92 Å². The molecular weight excluding hydrogens is 108 g/mol. The standard InChI is InChI=1S/C9H12/c1-3-9-6-4-5-8(2)7-9/h5,9H,3,7H2,1-2H3. The summed E-state index contributed by atoms with van der Waals surface area (Å²) in [6.45, 7) is 4.34. The molecule has 0 aromatic heterocycles. The largest absolute Gasteiger partial charge is 0.0948 e. The average Bonchev–Trinajstić information content (AvgIpc) is 1.88. The lowest BCUT2D eigenvalue weighted by Gasteiger charge is -2.09. The Balaban J connectivity index is 2.58. The van der Waals surface area contributed by atoms with Crippen LogP contribution in [0.4, 0.5) is 0 Å². The van der Waals surface area contributed by atoms with E-state index >= 15 is 0 Å². The molecule has 48 valence electrons. The van der Waals surface area contributed by atoms with Crippen molar-refractivity contribution < 1.29 is 0 Å². The molecule has 0 saturated carbocycles. The zero-order valence-electron chi connectivity index (χ0n) is 6.07. The van der Waals surface area contributed by atoms with Crippen LogP contribution in [-0.2, 0) is 0 Å². The first-order valence-corrected chi connectivity index (χ1v) is 3.49. The van der Waals surface area contributed by atoms with Gasteiger partial charge in [-0.15, -0.1) is 0 Å². The van der Waals surface area contributed by atoms with Gasteiger partial charge in [0.05, 0.1) is 0 Å². The molecule has 0 bridgehead atoms. The fraction of sp³-hybridized carbons (Fsp3) is 0.556. The maximum absolute atomic E-state index is 3.17. The molecule has 1 aliphatic rings. The number of hydrogen-bond acceptors (Lipinski definition) is 0. The summed E-state index contributed by atoms with van der Waals surface area (Å²) >= 11 is 0. The zero-order chi connectivity index (χ0) is 6.69. The number of hydrogen-bond donors (Lipinski definition) is 0. The molecule has 0 spiro atoms. The molecule has 1 aliphatic carbocycles. The summed E-state index contributed by atoms with van der Waals surface area (Å²) in [5.74, 6) is 6.83. The minimum Gasteiger partial charge on any atom is -0.0948 e. The molecule has 0 aliphatic heterocycles. The van der Waals surface area contributed by atoms with Crippen molar-refractivity contribution in [3.05, 3.63) is 11.6 Å². The van der Waals surface area contributed by atoms with E-state index in [-0.39, 0.29) is 0 Å². The average molecular weight is 120 g/mol. The van der Waals surface area contributed by atoms with Crippen LogP contribution in [0.5, 0.6) is 0 Å². The van der Waals surface area contributed by atoms with Crippen molar-refractivity contribution >= 4 is 0 Å². The second kappa shape index (κ2) is 2.73. The van der Waals surface area contributed by atoms with Crippen LogP contribution in [0.1, 0.15) is 26.7 Å². The van der Waals surface area contributed by atoms with Crippen LogP contribution < -0.4 is 0 Å². The van der Waals surface area contributed by atoms with Crippen LogP contribution in [0, 0.1) is 17.8 Å². The van der Waals surface area contributed by atoms with Crippen LogP contribution in [0.25, 0.3) is 0 Å². The van der Waals surface area contributed by atoms with Gasteiger partial charge in [-0.25, -0.2) is 0 Å². The summed E-state index contributed by atoms with van der Waals surface area (Å²) in [6.07, 6.45) is 4.40. The summed E-state index contributed by atoms with van der Waals surface area (Å²) in [6, 6.07) is 0. The molecule has 1 unspecified atom stereocenters. The highest BCUT2D eigenvalue weighted by atomic mass is 14.1. The summed E-state index contributed by atoms with van der Waals surface area (Å²) < 4.78 is 0. The Kier molecular flexibility index (Phi) is 1.95. The fourth-order valence-corrected chi connectivity index (χ4v) is 1.03. The number of rotatable bonds is 1. The van der Waals surface area contributed by atoms with Gasteiger partial charge < -0.3 is 0 Å². The Bertz CT molecular complexity index is 176. The molecule has 0 N–H and O–H groups in total. The molecule has 0 aromatic rings. The Morgan fingerprint density at radius 1 is 1.78 bits per heavy atom. The molecule has 1 rings (SSSR count). The van der Waals surface area contributed by atoms with Gasteiger partial charge in [0.1, 0.15) is 0 Å². The first kappa shape index (κ1) is 6.42. The summed E-state index contributed by atoms with van der Waals surface area (Å²) in [7, 11) is 0. The van der Waals surface area contributed by atoms with E-state index in [1.807, 2.05) is 6.08 Å². The Hall–Kier alpha value is -0.700. The van der Waals surface area contributed by atoms with Crippen LogP contribution >= 0.6 is 0 Å². The van der Waals surface area contributed by atoms with Crippen molar-refractivity contribution in [3.8, 4) is 11.8 Å². The quantitative estimate of drug-likeness (QED) is 0.466. The highest BCUT2D eigenvalue weighted by molar-refractivity contribution is 5.27. The van der Waals surface area contributed by atoms with E-state index in [9.17, 15) is 0 Å². The molecule has 0 nitrogen and oxygen atoms in total. The van der Waals surface area contributed by atoms with Crippen LogP contribution in [0.3, 0.4) is 0 Å². The molecule has 9 heavy (non-hydrogen) atoms. The van der Waals surface area contributed by atoms with Crippen LogP contribution in [0.15, 0.2) is 11.6 Å². The van der Waals surface area contributed by atoms with Crippen molar-refractivity contribution in [2.75, 3.05) is 0 Å². The number of allylic oxidation sites excluding steroid dienone is 2. The summed E-state index contributed by atoms with van der Waals surface area (Å²) in [5.41, 5.74) is 1.43. The third-order valence-corrected chi connectivity index (χ3v) is 1.67. The molecule has 1 atom stereocenters. The normalized spacial score (nSPS) is 24.2. The lowest BCUT2D eigenvalue weighted by Crippen LogP contribution is -1.98. The lowest BCUT2D eigenvalue weighted by atomic mass is 9.95. The predicted molar refractivity (Wildman–Crippen MR) is 39.9 cm³/mol. The molecule has 0 heterocycles. The van der Waals surface area contributed by atoms with Gasteiger partial charge in [-0.1, -0.05) is 24.3 Å². The van der Waals surface area contributed by atoms with Crippen molar-refractivity contribution in [2.45, 2.75) is 26.7 Å². The van der Waals surface area contributed by atoms with Gasteiger partial charge in [0.2, 0.25) is 0 Å². The minimum absolute atomic E-state index is 0.634. The Morgan fingerprint density at radius 3 is 3.00 bits per heavy atom. The van der Waals surface area contributed by atoms with Gasteiger partial charge in [0.25, 0.3) is 0 Å². The van der Waals surface area contributed by atoms with Crippen LogP contribution in [-0.4, -0.2) is 0 Å². The highest BCUT2D eigenvalue weighted by Gasteiger charge is 2.04. The molecule has 0 fully saturated rings. The first-order valence-electron chi connectivity index (χ1n) is 3.49. The second-order valence-electron chi connectivity index (χ2n) is 2.59. The van der Waals surface area contributed by atoms with E-state index in [1.165, 1.54) is 18.4 Å². The molecule has 0 heteroatoms. The molecule has 0 saturated heterocycles. The molecular formula is C9H12. The van der Waals surface area contributed by atoms with Crippen molar-refractivity contribution in [1.29, 1.82) is 0 Å². The van der Waals surface area contributed by atoms with Crippen LogP contribution in [0.2, 0.25) is 0 Å². The SMILES string of the molecule is CCC1C#CC=C(C)C1. The Morgan fingerprint density at radius 2 is 2.56 bits per heavy atom. The second-order valence-corrected chi connectivity index (χ2v) is 2.59. The molecule has 0 aromatic carbocycles. The van der Waals surface area contributed by atoms with Crippen molar-refractivity contribution in [1.82, 2.24) is 0 Å². The maximum atomic E-state index is 3.17. The van der Waals surface area contributed by atoms with Gasteiger partial charge in [-0.2, -0.15) is 0 Å². The van der Waals surface area contributed by atoms with E-state index < -0.39 is 0 Å². The van der Waals surface area contributed by atoms with Gasteiger partial charge in [0, 0.05) is 5.92 Å². The fourth-order valence-electron chi connectivity index (χ4n) is 1.03. The lowest BCUT2D eigenvalue weighted by molar-refractivity contribution is 0.638. The van der Waals surface area contributed by atoms with E-state index in [0.29, 0.717) is 5.92 Å². The van der Waals surface area contributed by atoms with Gasteiger partial charge >= 0.3 is 0 Å². The van der Waals surface area contributed by atoms with Gasteiger partial charge in [-0.3, -0.25) is 0 Å². The topological polar surface area (TPSA) is 0 Å². The third-order valence-electron chi connectivity index (χ3n) is 1.67. The molecule has 0 radical (unpaired) electrons. The van der Waals surface area contributed by atoms with Gasteiger partial charge in [0.15, 0.2) is 0 Å². The monoisotopic (exact) mass is 120 g/mol. The first-order chi connectivity index (χ1) is 4.33. The third kappa shape index (κ3) is 1.61. The van der Waals surface area contributed by atoms with Crippen molar-refractivity contribution in [3.63, 3.8) is 0 Å². The highest BCUT2D eigenvalue weighted by Crippen LogP contribution is 2.16. The predicted octanol–water partition coefficient (Wildman–Crippen LogP) is 2.37.